The molecule has 0 saturated heterocycles. The van der Waals surface area contributed by atoms with E-state index in [4.69, 9.17) is 16.3 Å². The molecule has 0 unspecified atom stereocenters. The van der Waals surface area contributed by atoms with Gasteiger partial charge in [-0.2, -0.15) is 0 Å². The van der Waals surface area contributed by atoms with E-state index in [1.54, 1.807) is 25.1 Å². The molecule has 22 heavy (non-hydrogen) atoms. The van der Waals surface area contributed by atoms with E-state index in [0.29, 0.717) is 5.02 Å². The van der Waals surface area contributed by atoms with Crippen LogP contribution in [0.1, 0.15) is 38.2 Å². The highest BCUT2D eigenvalue weighted by Gasteiger charge is 2.22. The van der Waals surface area contributed by atoms with Gasteiger partial charge in [-0.15, -0.1) is 0 Å². The van der Waals surface area contributed by atoms with E-state index in [1.807, 2.05) is 12.1 Å². The van der Waals surface area contributed by atoms with Crippen LogP contribution < -0.4 is 5.32 Å². The Kier molecular flexibility index (Phi) is 6.01. The summed E-state index contributed by atoms with van der Waals surface area (Å²) in [6.45, 7) is 1.57. The summed E-state index contributed by atoms with van der Waals surface area (Å²) in [5.41, 5.74) is 0.726. The molecule has 1 amide bonds. The molecule has 0 aromatic heterocycles. The predicted octanol–water partition coefficient (Wildman–Crippen LogP) is 3.34. The molecule has 1 aliphatic rings. The Morgan fingerprint density at radius 1 is 1.32 bits per heavy atom. The molecule has 1 saturated carbocycles. The molecular formula is C17H20ClNO3. The SMILES string of the molecule is C[C@@H](OC(=O)/C=C/c1ccccc1Cl)C(=O)NC1CCCC1. The van der Waals surface area contributed by atoms with Crippen LogP contribution in [0.3, 0.4) is 0 Å². The number of hydrogen-bond acceptors (Lipinski definition) is 3. The Morgan fingerprint density at radius 2 is 2.00 bits per heavy atom. The van der Waals surface area contributed by atoms with Crippen LogP contribution >= 0.6 is 11.6 Å². The van der Waals surface area contributed by atoms with Crippen molar-refractivity contribution in [1.82, 2.24) is 5.32 Å². The van der Waals surface area contributed by atoms with Gasteiger partial charge in [-0.1, -0.05) is 42.6 Å². The van der Waals surface area contributed by atoms with Crippen LogP contribution in [0.5, 0.6) is 0 Å². The molecule has 2 rings (SSSR count). The van der Waals surface area contributed by atoms with E-state index in [0.717, 1.165) is 31.2 Å². The fourth-order valence-electron chi connectivity index (χ4n) is 2.42. The molecule has 5 heteroatoms. The van der Waals surface area contributed by atoms with E-state index in [9.17, 15) is 9.59 Å². The Morgan fingerprint density at radius 3 is 2.68 bits per heavy atom. The van der Waals surface area contributed by atoms with Crippen molar-refractivity contribution < 1.29 is 14.3 Å². The lowest BCUT2D eigenvalue weighted by Crippen LogP contribution is -2.40. The maximum Gasteiger partial charge on any atom is 0.331 e. The number of benzene rings is 1. The van der Waals surface area contributed by atoms with Gasteiger partial charge in [0.05, 0.1) is 0 Å². The number of ether oxygens (including phenoxy) is 1. The van der Waals surface area contributed by atoms with Crippen LogP contribution in [0.15, 0.2) is 30.3 Å². The minimum atomic E-state index is -0.802. The molecule has 1 atom stereocenters. The van der Waals surface area contributed by atoms with Gasteiger partial charge in [0.2, 0.25) is 0 Å². The summed E-state index contributed by atoms with van der Waals surface area (Å²) in [4.78, 5) is 23.7. The second kappa shape index (κ2) is 7.99. The average Bonchev–Trinajstić information content (AvgIpc) is 2.99. The average molecular weight is 322 g/mol. The van der Waals surface area contributed by atoms with Crippen LogP contribution in [-0.2, 0) is 14.3 Å². The Balaban J connectivity index is 1.83. The molecule has 118 valence electrons. The standard InChI is InChI=1S/C17H20ClNO3/c1-12(17(21)19-14-7-3-4-8-14)22-16(20)11-10-13-6-2-5-9-15(13)18/h2,5-6,9-12,14H,3-4,7-8H2,1H3,(H,19,21)/b11-10+/t12-/m1/s1. The molecule has 1 aromatic rings. The fraction of sp³-hybridized carbons (Fsp3) is 0.412. The molecule has 0 spiro atoms. The van der Waals surface area contributed by atoms with Crippen LogP contribution in [0, 0.1) is 0 Å². The molecule has 0 aliphatic heterocycles. The van der Waals surface area contributed by atoms with Gasteiger partial charge in [-0.25, -0.2) is 4.79 Å². The van der Waals surface area contributed by atoms with Gasteiger partial charge >= 0.3 is 5.97 Å². The maximum absolute atomic E-state index is 11.9. The minimum absolute atomic E-state index is 0.215. The Hall–Kier alpha value is -1.81. The first-order chi connectivity index (χ1) is 10.6. The van der Waals surface area contributed by atoms with E-state index in [-0.39, 0.29) is 11.9 Å². The van der Waals surface area contributed by atoms with Crippen molar-refractivity contribution in [2.45, 2.75) is 44.8 Å². The zero-order chi connectivity index (χ0) is 15.9. The molecule has 0 radical (unpaired) electrons. The lowest BCUT2D eigenvalue weighted by Gasteiger charge is -2.16. The van der Waals surface area contributed by atoms with E-state index < -0.39 is 12.1 Å². The second-order valence-corrected chi connectivity index (χ2v) is 5.83. The quantitative estimate of drug-likeness (QED) is 0.668. The smallest absolute Gasteiger partial charge is 0.331 e. The first-order valence-electron chi connectivity index (χ1n) is 7.50. The van der Waals surface area contributed by atoms with E-state index in [2.05, 4.69) is 5.32 Å². The largest absolute Gasteiger partial charge is 0.449 e. The summed E-state index contributed by atoms with van der Waals surface area (Å²) in [6, 6.07) is 7.39. The lowest BCUT2D eigenvalue weighted by atomic mass is 10.2. The number of hydrogen-bond donors (Lipinski definition) is 1. The number of carbonyl (C=O) groups is 2. The molecule has 1 N–H and O–H groups in total. The number of esters is 1. The first-order valence-corrected chi connectivity index (χ1v) is 7.87. The van der Waals surface area contributed by atoms with Crippen molar-refractivity contribution in [2.75, 3.05) is 0 Å². The topological polar surface area (TPSA) is 55.4 Å². The molecule has 1 aromatic carbocycles. The Labute approximate surface area is 135 Å². The first kappa shape index (κ1) is 16.6. The molecule has 4 nitrogen and oxygen atoms in total. The number of amides is 1. The van der Waals surface area contributed by atoms with Crippen LogP contribution in [0.25, 0.3) is 6.08 Å². The third kappa shape index (κ3) is 4.88. The molecule has 1 aliphatic carbocycles. The highest BCUT2D eigenvalue weighted by molar-refractivity contribution is 6.32. The Bertz CT molecular complexity index is 565. The second-order valence-electron chi connectivity index (χ2n) is 5.42. The highest BCUT2D eigenvalue weighted by atomic mass is 35.5. The number of halogens is 1. The van der Waals surface area contributed by atoms with Crippen LogP contribution in [0.2, 0.25) is 5.02 Å². The van der Waals surface area contributed by atoms with Gasteiger partial charge in [0.25, 0.3) is 5.91 Å². The lowest BCUT2D eigenvalue weighted by molar-refractivity contribution is -0.150. The summed E-state index contributed by atoms with van der Waals surface area (Å²) in [7, 11) is 0. The zero-order valence-corrected chi connectivity index (χ0v) is 13.3. The normalized spacial score (nSPS) is 16.6. The van der Waals surface area contributed by atoms with E-state index >= 15 is 0 Å². The molecular weight excluding hydrogens is 302 g/mol. The van der Waals surface area contributed by atoms with Gasteiger partial charge in [-0.3, -0.25) is 4.79 Å². The van der Waals surface area contributed by atoms with Crippen molar-refractivity contribution >= 4 is 29.6 Å². The third-order valence-electron chi connectivity index (χ3n) is 3.67. The van der Waals surface area contributed by atoms with Crippen molar-refractivity contribution in [1.29, 1.82) is 0 Å². The van der Waals surface area contributed by atoms with Crippen LogP contribution in [0.4, 0.5) is 0 Å². The van der Waals surface area contributed by atoms with Gasteiger partial charge in [0, 0.05) is 17.1 Å². The molecule has 0 bridgehead atoms. The summed E-state index contributed by atoms with van der Waals surface area (Å²) >= 11 is 5.99. The van der Waals surface area contributed by atoms with Crippen molar-refractivity contribution in [3.05, 3.63) is 40.9 Å². The minimum Gasteiger partial charge on any atom is -0.449 e. The monoisotopic (exact) mass is 321 g/mol. The molecule has 1 fully saturated rings. The predicted molar refractivity (Wildman–Crippen MR) is 86.4 cm³/mol. The van der Waals surface area contributed by atoms with Crippen LogP contribution in [-0.4, -0.2) is 24.0 Å². The summed E-state index contributed by atoms with van der Waals surface area (Å²) < 4.78 is 5.10. The van der Waals surface area contributed by atoms with Crippen molar-refractivity contribution in [3.8, 4) is 0 Å². The van der Waals surface area contributed by atoms with Gasteiger partial charge < -0.3 is 10.1 Å². The number of rotatable bonds is 5. The number of carbonyl (C=O) groups excluding carboxylic acids is 2. The highest BCUT2D eigenvalue weighted by Crippen LogP contribution is 2.18. The van der Waals surface area contributed by atoms with Gasteiger partial charge in [0.15, 0.2) is 6.10 Å². The summed E-state index contributed by atoms with van der Waals surface area (Å²) in [5, 5.41) is 3.46. The van der Waals surface area contributed by atoms with Crippen molar-refractivity contribution in [2.24, 2.45) is 0 Å². The third-order valence-corrected chi connectivity index (χ3v) is 4.01. The van der Waals surface area contributed by atoms with E-state index in [1.165, 1.54) is 6.08 Å². The van der Waals surface area contributed by atoms with Gasteiger partial charge in [-0.05, 0) is 37.5 Å². The summed E-state index contributed by atoms with van der Waals surface area (Å²) in [5.74, 6) is -0.805. The fourth-order valence-corrected chi connectivity index (χ4v) is 2.62. The number of nitrogens with one attached hydrogen (secondary N) is 1. The molecule has 0 heterocycles. The van der Waals surface area contributed by atoms with Crippen molar-refractivity contribution in [3.63, 3.8) is 0 Å². The maximum atomic E-state index is 11.9. The summed E-state index contributed by atoms with van der Waals surface area (Å²) in [6.07, 6.45) is 6.33. The van der Waals surface area contributed by atoms with Gasteiger partial charge in [0.1, 0.15) is 0 Å². The zero-order valence-electron chi connectivity index (χ0n) is 12.5.